The van der Waals surface area contributed by atoms with Crippen LogP contribution in [-0.4, -0.2) is 69.7 Å². The van der Waals surface area contributed by atoms with Crippen LogP contribution in [0.4, 0.5) is 0 Å². The maximum absolute atomic E-state index is 11.5. The van der Waals surface area contributed by atoms with Crippen molar-refractivity contribution in [3.8, 4) is 0 Å². The zero-order valence-electron chi connectivity index (χ0n) is 11.8. The summed E-state index contributed by atoms with van der Waals surface area (Å²) in [5.74, 6) is -2.08. The molecule has 19 heavy (non-hydrogen) atoms. The molecule has 112 valence electrons. The third-order valence-corrected chi connectivity index (χ3v) is 2.52. The fraction of sp³-hybridized carbons (Fsp3) is 0.818. The summed E-state index contributed by atoms with van der Waals surface area (Å²) in [5, 5.41) is 36.7. The summed E-state index contributed by atoms with van der Waals surface area (Å²) in [7, 11) is 0. The van der Waals surface area contributed by atoms with Crippen LogP contribution < -0.4 is 5.73 Å². The molecule has 0 heterocycles. The van der Waals surface area contributed by atoms with E-state index in [4.69, 9.17) is 6.52 Å². The smallest absolute Gasteiger partial charge is 0.323 e. The Balaban J connectivity index is 4.37. The molecule has 4 atom stereocenters. The summed E-state index contributed by atoms with van der Waals surface area (Å²) in [6.07, 6.45) is -5.55. The molecule has 0 rings (SSSR count). The molecule has 0 aliphatic carbocycles. The third kappa shape index (κ3) is 5.62. The Bertz CT molecular complexity index is 326. The second-order valence-electron chi connectivity index (χ2n) is 4.48. The summed E-state index contributed by atoms with van der Waals surface area (Å²) < 4.78 is 11.7. The van der Waals surface area contributed by atoms with Gasteiger partial charge in [0.1, 0.15) is 39.0 Å². The van der Waals surface area contributed by atoms with Crippen molar-refractivity contribution in [2.45, 2.75) is 38.2 Å². The molecule has 0 aromatic carbocycles. The van der Waals surface area contributed by atoms with Crippen LogP contribution in [0.2, 0.25) is 1.41 Å². The van der Waals surface area contributed by atoms with Crippen molar-refractivity contribution in [3.63, 3.8) is 0 Å². The van der Waals surface area contributed by atoms with Crippen LogP contribution in [0, 0.1) is 5.92 Å². The monoisotopic (exact) mass is 280 g/mol. The van der Waals surface area contributed by atoms with Gasteiger partial charge >= 0.3 is 5.97 Å². The Kier molecular flexibility index (Phi) is 6.89. The summed E-state index contributed by atoms with van der Waals surface area (Å²) in [6, 6.07) is -0.900. The van der Waals surface area contributed by atoms with Gasteiger partial charge in [0.25, 0.3) is 0 Å². The van der Waals surface area contributed by atoms with Gasteiger partial charge in [0.05, 0.1) is 0 Å². The van der Waals surface area contributed by atoms with Crippen molar-refractivity contribution in [1.29, 1.82) is 0 Å². The fourth-order valence-corrected chi connectivity index (χ4v) is 1.12. The number of esters is 1. The largest absolute Gasteiger partial charge is 0.462 e. The predicted molar refractivity (Wildman–Crippen MR) is 63.9 cm³/mol. The van der Waals surface area contributed by atoms with E-state index < -0.39 is 49.3 Å². The van der Waals surface area contributed by atoms with Gasteiger partial charge in [-0.2, -0.15) is 0 Å². The molecule has 0 saturated carbocycles. The van der Waals surface area contributed by atoms with Gasteiger partial charge < -0.3 is 30.9 Å². The highest BCUT2D eigenvalue weighted by molar-refractivity contribution is 5.84. The highest BCUT2D eigenvalue weighted by atomic mass is 16.5. The zero-order valence-corrected chi connectivity index (χ0v) is 10.8. The number of ether oxygens (including phenoxy) is 1. The molecular formula is C11H21NO7. The molecule has 6 N–H and O–H groups in total. The molecule has 8 nitrogen and oxygen atoms in total. The first-order valence-electron chi connectivity index (χ1n) is 6.27. The number of aliphatic hydroxyl groups excluding tert-OH is 4. The number of aliphatic hydroxyl groups is 4. The maximum atomic E-state index is 11.5. The molecule has 0 unspecified atom stereocenters. The molecule has 0 bridgehead atoms. The minimum absolute atomic E-state index is 0.219. The first-order chi connectivity index (χ1) is 9.26. The van der Waals surface area contributed by atoms with E-state index in [9.17, 15) is 24.9 Å². The second kappa shape index (κ2) is 8.18. The van der Waals surface area contributed by atoms with E-state index in [0.29, 0.717) is 0 Å². The minimum Gasteiger partial charge on any atom is -0.462 e. The van der Waals surface area contributed by atoms with E-state index in [0.717, 1.165) is 0 Å². The standard InChI is InChI=1S/C11H21NO7/c1-5(2)8(12)11(18)19-4-7(15)10(17)9(16)6(14)3-13/h5,7-10,13,15-17H,3-4,12H2,1-2H3/t7-,8+,9-,10-/m1/s1/i/hD. The number of Topliss-reactive ketones (excluding diaryl/α,β-unsaturated/α-hetero) is 1. The van der Waals surface area contributed by atoms with E-state index in [1.165, 1.54) is 0 Å². The fourth-order valence-electron chi connectivity index (χ4n) is 1.12. The molecule has 0 spiro atoms. The highest BCUT2D eigenvalue weighted by Crippen LogP contribution is 2.05. The molecular weight excluding hydrogens is 258 g/mol. The summed E-state index contributed by atoms with van der Waals surface area (Å²) in [6.45, 7) is 1.73. The number of hydrogen-bond acceptors (Lipinski definition) is 8. The summed E-state index contributed by atoms with van der Waals surface area (Å²) >= 11 is 0. The number of carbonyl (C=O) groups is 2. The molecule has 0 saturated heterocycles. The minimum atomic E-state index is -1.97. The van der Waals surface area contributed by atoms with Crippen LogP contribution in [0.15, 0.2) is 0 Å². The van der Waals surface area contributed by atoms with Gasteiger partial charge in [-0.05, 0) is 5.92 Å². The summed E-state index contributed by atoms with van der Waals surface area (Å²) in [4.78, 5) is 22.5. The van der Waals surface area contributed by atoms with Gasteiger partial charge in [-0.3, -0.25) is 9.59 Å². The van der Waals surface area contributed by atoms with Crippen LogP contribution in [-0.2, 0) is 14.3 Å². The quantitative estimate of drug-likeness (QED) is 0.283. The Morgan fingerprint density at radius 3 is 2.32 bits per heavy atom. The van der Waals surface area contributed by atoms with Gasteiger partial charge in [-0.25, -0.2) is 0 Å². The van der Waals surface area contributed by atoms with E-state index >= 15 is 0 Å². The van der Waals surface area contributed by atoms with Gasteiger partial charge in [0, 0.05) is 0 Å². The first kappa shape index (κ1) is 16.0. The Morgan fingerprint density at radius 1 is 1.32 bits per heavy atom. The number of nitrogens with two attached hydrogens (primary N) is 1. The Hall–Kier alpha value is -1.06. The van der Waals surface area contributed by atoms with Crippen molar-refractivity contribution in [2.75, 3.05) is 13.2 Å². The second-order valence-corrected chi connectivity index (χ2v) is 4.48. The number of carbonyl (C=O) groups excluding carboxylic acids is 2. The lowest BCUT2D eigenvalue weighted by atomic mass is 10.0. The van der Waals surface area contributed by atoms with E-state index in [2.05, 4.69) is 4.74 Å². The number of hydrogen-bond donors (Lipinski definition) is 5. The SMILES string of the molecule is [2H]N[C@H](C(=O)OC[C@@H](O)[C@@H](O)[C@H](O)C(=O)CO)C(C)C. The highest BCUT2D eigenvalue weighted by Gasteiger charge is 2.31. The van der Waals surface area contributed by atoms with Gasteiger partial charge in [-0.1, -0.05) is 13.8 Å². The van der Waals surface area contributed by atoms with Crippen molar-refractivity contribution in [3.05, 3.63) is 0 Å². The normalized spacial score (nSPS) is 18.4. The van der Waals surface area contributed by atoms with Gasteiger partial charge in [0.2, 0.25) is 0 Å². The Morgan fingerprint density at radius 2 is 1.89 bits per heavy atom. The molecule has 8 heteroatoms. The lowest BCUT2D eigenvalue weighted by molar-refractivity contribution is -0.156. The molecule has 0 radical (unpaired) electrons. The third-order valence-electron chi connectivity index (χ3n) is 2.52. The van der Waals surface area contributed by atoms with E-state index in [-0.39, 0.29) is 5.92 Å². The molecule has 0 amide bonds. The molecule has 0 fully saturated rings. The van der Waals surface area contributed by atoms with Crippen LogP contribution in [0.3, 0.4) is 0 Å². The van der Waals surface area contributed by atoms with Crippen molar-refractivity contribution in [1.82, 2.24) is 0 Å². The van der Waals surface area contributed by atoms with Crippen LogP contribution in [0.25, 0.3) is 0 Å². The van der Waals surface area contributed by atoms with E-state index in [1.807, 2.05) is 5.73 Å². The van der Waals surface area contributed by atoms with Crippen LogP contribution >= 0.6 is 0 Å². The molecule has 0 aliphatic heterocycles. The lowest BCUT2D eigenvalue weighted by Crippen LogP contribution is -2.46. The van der Waals surface area contributed by atoms with Gasteiger partial charge in [-0.15, -0.1) is 0 Å². The Labute approximate surface area is 112 Å². The average molecular weight is 280 g/mol. The molecule has 0 aromatic rings. The van der Waals surface area contributed by atoms with Crippen molar-refractivity contribution >= 4 is 11.8 Å². The number of rotatable bonds is 9. The van der Waals surface area contributed by atoms with Crippen LogP contribution in [0.5, 0.6) is 0 Å². The summed E-state index contributed by atoms with van der Waals surface area (Å²) in [5.41, 5.74) is 2.00. The first-order valence-corrected chi connectivity index (χ1v) is 5.77. The van der Waals surface area contributed by atoms with Crippen LogP contribution in [0.1, 0.15) is 13.8 Å². The lowest BCUT2D eigenvalue weighted by Gasteiger charge is -2.22. The number of ketones is 1. The van der Waals surface area contributed by atoms with Crippen molar-refractivity contribution in [2.24, 2.45) is 11.6 Å². The predicted octanol–water partition coefficient (Wildman–Crippen LogP) is -2.84. The maximum Gasteiger partial charge on any atom is 0.323 e. The molecule has 0 aromatic heterocycles. The topological polar surface area (TPSA) is 150 Å². The van der Waals surface area contributed by atoms with Gasteiger partial charge in [0.15, 0.2) is 5.78 Å². The van der Waals surface area contributed by atoms with E-state index in [1.54, 1.807) is 13.8 Å². The van der Waals surface area contributed by atoms with Crippen molar-refractivity contribution < 1.29 is 36.2 Å². The molecule has 0 aliphatic rings. The zero-order chi connectivity index (χ0) is 15.9. The average Bonchev–Trinajstić information content (AvgIpc) is 2.42.